The van der Waals surface area contributed by atoms with E-state index in [0.29, 0.717) is 25.0 Å². The van der Waals surface area contributed by atoms with Crippen LogP contribution in [-0.4, -0.2) is 0 Å². The zero-order valence-electron chi connectivity index (χ0n) is 23.6. The van der Waals surface area contributed by atoms with Crippen LogP contribution in [0.5, 0.6) is 17.2 Å². The maximum Gasteiger partial charge on any atom is 0.127 e. The van der Waals surface area contributed by atoms with Crippen LogP contribution in [0.2, 0.25) is 0 Å². The van der Waals surface area contributed by atoms with E-state index in [1.807, 2.05) is 42.5 Å². The molecule has 3 unspecified atom stereocenters. The summed E-state index contributed by atoms with van der Waals surface area (Å²) in [6.45, 7) is 1.11. The molecule has 1 aliphatic heterocycles. The number of rotatable bonds is 8. The smallest absolute Gasteiger partial charge is 0.127 e. The Hall–Kier alpha value is -4.76. The van der Waals surface area contributed by atoms with Crippen molar-refractivity contribution in [1.29, 1.82) is 0 Å². The van der Waals surface area contributed by atoms with Gasteiger partial charge >= 0.3 is 0 Å². The monoisotopic (exact) mass is 550 g/mol. The van der Waals surface area contributed by atoms with E-state index < -0.39 is 0 Å². The quantitative estimate of drug-likeness (QED) is 0.193. The summed E-state index contributed by atoms with van der Waals surface area (Å²) >= 11 is 0. The second-order valence-corrected chi connectivity index (χ2v) is 11.2. The highest BCUT2D eigenvalue weighted by molar-refractivity contribution is 5.56. The van der Waals surface area contributed by atoms with Crippen LogP contribution in [0.4, 0.5) is 0 Å². The lowest BCUT2D eigenvalue weighted by Crippen LogP contribution is -2.26. The van der Waals surface area contributed by atoms with Gasteiger partial charge in [0.2, 0.25) is 0 Å². The fourth-order valence-corrected chi connectivity index (χ4v) is 6.31. The predicted octanol–water partition coefficient (Wildman–Crippen LogP) is 9.56. The van der Waals surface area contributed by atoms with E-state index in [4.69, 9.17) is 14.2 Å². The Balaban J connectivity index is 1.15. The van der Waals surface area contributed by atoms with Crippen molar-refractivity contribution >= 4 is 6.08 Å². The molecule has 3 atom stereocenters. The highest BCUT2D eigenvalue weighted by atomic mass is 16.5. The van der Waals surface area contributed by atoms with Crippen molar-refractivity contribution in [1.82, 2.24) is 0 Å². The molecular formula is C39H34O3. The van der Waals surface area contributed by atoms with Crippen LogP contribution in [0.1, 0.15) is 52.7 Å². The van der Waals surface area contributed by atoms with E-state index in [0.717, 1.165) is 41.2 Å². The molecule has 1 heterocycles. The Morgan fingerprint density at radius 3 is 1.88 bits per heavy atom. The number of fused-ring (bicyclic) bond motifs is 3. The van der Waals surface area contributed by atoms with Gasteiger partial charge in [0.1, 0.15) is 36.6 Å². The molecule has 5 aromatic rings. The first kappa shape index (κ1) is 26.2. The summed E-state index contributed by atoms with van der Waals surface area (Å²) in [7, 11) is 0. The Morgan fingerprint density at radius 2 is 1.21 bits per heavy atom. The van der Waals surface area contributed by atoms with E-state index >= 15 is 0 Å². The maximum absolute atomic E-state index is 6.79. The molecule has 3 heteroatoms. The summed E-state index contributed by atoms with van der Waals surface area (Å²) in [4.78, 5) is 0. The maximum atomic E-state index is 6.79. The van der Waals surface area contributed by atoms with Gasteiger partial charge in [0.15, 0.2) is 0 Å². The van der Waals surface area contributed by atoms with E-state index in [2.05, 4.69) is 97.1 Å². The van der Waals surface area contributed by atoms with Gasteiger partial charge in [0.05, 0.1) is 0 Å². The van der Waals surface area contributed by atoms with Gasteiger partial charge < -0.3 is 14.2 Å². The highest BCUT2D eigenvalue weighted by Crippen LogP contribution is 2.56. The summed E-state index contributed by atoms with van der Waals surface area (Å²) in [5.41, 5.74) is 7.48. The molecule has 42 heavy (non-hydrogen) atoms. The fourth-order valence-electron chi connectivity index (χ4n) is 6.31. The summed E-state index contributed by atoms with van der Waals surface area (Å²) < 4.78 is 19.1. The van der Waals surface area contributed by atoms with Gasteiger partial charge in [-0.15, -0.1) is 0 Å². The van der Waals surface area contributed by atoms with Crippen molar-refractivity contribution in [2.45, 2.75) is 38.1 Å². The zero-order valence-corrected chi connectivity index (χ0v) is 23.6. The van der Waals surface area contributed by atoms with Gasteiger partial charge in [-0.25, -0.2) is 0 Å². The standard InChI is InChI=1S/C39H34O3/c1-4-10-28(11-5-1)22-31-23-35-36-25-34(41-27-30-14-8-3-9-15-30)20-21-38(36)42-39(37(35)24-31)32-16-18-33(19-17-32)40-26-29-12-6-2-7-13-29/h1-22,25,35,37,39H,23-24,26-27H2/b31-22-. The van der Waals surface area contributed by atoms with Crippen molar-refractivity contribution in [2.75, 3.05) is 0 Å². The van der Waals surface area contributed by atoms with Gasteiger partial charge in [-0.2, -0.15) is 0 Å². The molecule has 1 aliphatic carbocycles. The Kier molecular flexibility index (Phi) is 7.47. The van der Waals surface area contributed by atoms with Crippen LogP contribution in [0, 0.1) is 5.92 Å². The van der Waals surface area contributed by atoms with Crippen molar-refractivity contribution in [3.8, 4) is 17.2 Å². The first-order valence-corrected chi connectivity index (χ1v) is 14.8. The molecule has 0 aromatic heterocycles. The normalized spacial score (nSPS) is 19.9. The zero-order chi connectivity index (χ0) is 28.1. The third-order valence-corrected chi connectivity index (χ3v) is 8.40. The van der Waals surface area contributed by atoms with Gasteiger partial charge in [0, 0.05) is 11.5 Å². The topological polar surface area (TPSA) is 27.7 Å². The lowest BCUT2D eigenvalue weighted by atomic mass is 9.80. The summed E-state index contributed by atoms with van der Waals surface area (Å²) in [5.74, 6) is 3.42. The van der Waals surface area contributed by atoms with Crippen LogP contribution < -0.4 is 14.2 Å². The van der Waals surface area contributed by atoms with Crippen LogP contribution in [0.25, 0.3) is 6.08 Å². The Labute approximate surface area is 248 Å². The Morgan fingerprint density at radius 1 is 0.619 bits per heavy atom. The molecule has 0 N–H and O–H groups in total. The summed E-state index contributed by atoms with van der Waals surface area (Å²) in [6, 6.07) is 46.0. The molecular weight excluding hydrogens is 516 g/mol. The minimum Gasteiger partial charge on any atom is -0.489 e. The molecule has 5 aromatic carbocycles. The second-order valence-electron chi connectivity index (χ2n) is 11.2. The molecule has 0 radical (unpaired) electrons. The van der Waals surface area contributed by atoms with E-state index in [-0.39, 0.29) is 6.10 Å². The average molecular weight is 551 g/mol. The first-order valence-electron chi connectivity index (χ1n) is 14.8. The highest BCUT2D eigenvalue weighted by Gasteiger charge is 2.44. The van der Waals surface area contributed by atoms with E-state index in [1.165, 1.54) is 22.3 Å². The van der Waals surface area contributed by atoms with Gasteiger partial charge in [-0.05, 0) is 71.3 Å². The third kappa shape index (κ3) is 5.82. The van der Waals surface area contributed by atoms with Gasteiger partial charge in [-0.1, -0.05) is 115 Å². The minimum atomic E-state index is -0.0246. The molecule has 0 bridgehead atoms. The van der Waals surface area contributed by atoms with Crippen molar-refractivity contribution in [3.63, 3.8) is 0 Å². The number of allylic oxidation sites excluding steroid dienone is 1. The summed E-state index contributed by atoms with van der Waals surface area (Å²) in [6.07, 6.45) is 4.37. The molecule has 3 nitrogen and oxygen atoms in total. The molecule has 0 spiro atoms. The number of benzene rings is 5. The number of hydrogen-bond acceptors (Lipinski definition) is 3. The molecule has 2 aliphatic rings. The van der Waals surface area contributed by atoms with Crippen molar-refractivity contribution < 1.29 is 14.2 Å². The molecule has 0 amide bonds. The number of hydrogen-bond donors (Lipinski definition) is 0. The summed E-state index contributed by atoms with van der Waals surface area (Å²) in [5, 5.41) is 0. The second kappa shape index (κ2) is 12.0. The molecule has 0 saturated heterocycles. The predicted molar refractivity (Wildman–Crippen MR) is 168 cm³/mol. The lowest BCUT2D eigenvalue weighted by Gasteiger charge is -2.36. The van der Waals surface area contributed by atoms with E-state index in [9.17, 15) is 0 Å². The average Bonchev–Trinajstić information content (AvgIpc) is 3.48. The first-order chi connectivity index (χ1) is 20.8. The van der Waals surface area contributed by atoms with Gasteiger partial charge in [-0.3, -0.25) is 0 Å². The molecule has 208 valence electrons. The molecule has 1 fully saturated rings. The lowest BCUT2D eigenvalue weighted by molar-refractivity contribution is 0.105. The van der Waals surface area contributed by atoms with Gasteiger partial charge in [0.25, 0.3) is 0 Å². The van der Waals surface area contributed by atoms with E-state index in [1.54, 1.807) is 0 Å². The largest absolute Gasteiger partial charge is 0.489 e. The van der Waals surface area contributed by atoms with Crippen LogP contribution in [0.3, 0.4) is 0 Å². The van der Waals surface area contributed by atoms with Crippen LogP contribution >= 0.6 is 0 Å². The Bertz CT molecular complexity index is 1640. The number of ether oxygens (including phenoxy) is 3. The van der Waals surface area contributed by atoms with Crippen LogP contribution in [0.15, 0.2) is 139 Å². The molecule has 7 rings (SSSR count). The minimum absolute atomic E-state index is 0.0246. The third-order valence-electron chi connectivity index (χ3n) is 8.40. The van der Waals surface area contributed by atoms with Crippen molar-refractivity contribution in [3.05, 3.63) is 167 Å². The SMILES string of the molecule is C(=C1\CC2c3cc(OCc4ccccc4)ccc3OC(c3ccc(OCc4ccccc4)cc3)C2C1)/c1ccccc1. The fraction of sp³-hybridized carbons (Fsp3) is 0.179. The van der Waals surface area contributed by atoms with Crippen molar-refractivity contribution in [2.24, 2.45) is 5.92 Å². The van der Waals surface area contributed by atoms with Crippen LogP contribution in [-0.2, 0) is 13.2 Å². The molecule has 1 saturated carbocycles.